The number of likely N-dealkylation sites (tertiary alicyclic amines) is 1. The van der Waals surface area contributed by atoms with E-state index >= 15 is 0 Å². The molecule has 0 radical (unpaired) electrons. The van der Waals surface area contributed by atoms with Crippen molar-refractivity contribution in [2.24, 2.45) is 0 Å². The molecule has 3 heteroatoms. The molecular formula is C8H15ClN2. The molecule has 0 aromatic rings. The first-order chi connectivity index (χ1) is 5.24. The predicted octanol–water partition coefficient (Wildman–Crippen LogP) is 1.38. The predicted molar refractivity (Wildman–Crippen MR) is 48.7 cm³/mol. The molecule has 0 bridgehead atoms. The number of nitrogens with zero attached hydrogens (tertiary/aromatic N) is 1. The van der Waals surface area contributed by atoms with Crippen LogP contribution in [0, 0.1) is 0 Å². The molecule has 1 heterocycles. The summed E-state index contributed by atoms with van der Waals surface area (Å²) in [5.41, 5.74) is 1.37. The van der Waals surface area contributed by atoms with Crippen molar-refractivity contribution in [3.8, 4) is 0 Å². The lowest BCUT2D eigenvalue weighted by molar-refractivity contribution is 0.311. The molecule has 0 atom stereocenters. The minimum absolute atomic E-state index is 0.845. The smallest absolute Gasteiger partial charge is 0.101 e. The van der Waals surface area contributed by atoms with Gasteiger partial charge in [0, 0.05) is 20.1 Å². The van der Waals surface area contributed by atoms with Crippen molar-refractivity contribution in [2.45, 2.75) is 12.8 Å². The summed E-state index contributed by atoms with van der Waals surface area (Å²) in [6, 6.07) is 0. The molecule has 1 saturated heterocycles. The fourth-order valence-corrected chi connectivity index (χ4v) is 1.47. The zero-order valence-electron chi connectivity index (χ0n) is 7.15. The Labute approximate surface area is 73.2 Å². The van der Waals surface area contributed by atoms with E-state index in [0.29, 0.717) is 0 Å². The van der Waals surface area contributed by atoms with Crippen LogP contribution in [-0.4, -0.2) is 32.1 Å². The van der Waals surface area contributed by atoms with E-state index in [4.69, 9.17) is 11.6 Å². The van der Waals surface area contributed by atoms with E-state index in [1.54, 1.807) is 0 Å². The van der Waals surface area contributed by atoms with Crippen LogP contribution in [0.2, 0.25) is 0 Å². The van der Waals surface area contributed by atoms with Crippen LogP contribution in [0.1, 0.15) is 12.8 Å². The van der Waals surface area contributed by atoms with Gasteiger partial charge in [-0.15, -0.1) is 0 Å². The van der Waals surface area contributed by atoms with Crippen LogP contribution >= 0.6 is 11.6 Å². The minimum Gasteiger partial charge on any atom is -0.379 e. The first kappa shape index (κ1) is 8.88. The van der Waals surface area contributed by atoms with Gasteiger partial charge >= 0.3 is 0 Å². The highest BCUT2D eigenvalue weighted by atomic mass is 35.5. The fraction of sp³-hybridized carbons (Fsp3) is 0.750. The van der Waals surface area contributed by atoms with E-state index in [1.807, 2.05) is 7.05 Å². The van der Waals surface area contributed by atoms with Crippen molar-refractivity contribution in [1.82, 2.24) is 10.2 Å². The third-order valence-electron chi connectivity index (χ3n) is 2.12. The Bertz CT molecular complexity index is 155. The Hall–Kier alpha value is -0.210. The standard InChI is InChI=1S/C8H15ClN2/c1-10-8(9)7-3-5-11(2)6-4-7/h10H,3-6H2,1-2H3. The van der Waals surface area contributed by atoms with Crippen LogP contribution < -0.4 is 5.32 Å². The maximum absolute atomic E-state index is 5.94. The number of hydrogen-bond acceptors (Lipinski definition) is 2. The van der Waals surface area contributed by atoms with Crippen molar-refractivity contribution < 1.29 is 0 Å². The lowest BCUT2D eigenvalue weighted by Crippen LogP contribution is -2.27. The van der Waals surface area contributed by atoms with Crippen LogP contribution in [0.15, 0.2) is 10.7 Å². The third-order valence-corrected chi connectivity index (χ3v) is 2.58. The first-order valence-corrected chi connectivity index (χ1v) is 4.35. The number of rotatable bonds is 1. The molecule has 0 aliphatic carbocycles. The summed E-state index contributed by atoms with van der Waals surface area (Å²) in [6.45, 7) is 2.26. The summed E-state index contributed by atoms with van der Waals surface area (Å²) in [5, 5.41) is 3.82. The Morgan fingerprint density at radius 2 is 2.00 bits per heavy atom. The zero-order chi connectivity index (χ0) is 8.27. The van der Waals surface area contributed by atoms with E-state index in [1.165, 1.54) is 5.57 Å². The van der Waals surface area contributed by atoms with Gasteiger partial charge in [0.25, 0.3) is 0 Å². The second kappa shape index (κ2) is 3.98. The SMILES string of the molecule is CNC(Cl)=C1CCN(C)CC1. The highest BCUT2D eigenvalue weighted by Crippen LogP contribution is 2.19. The van der Waals surface area contributed by atoms with Crippen LogP contribution in [0.4, 0.5) is 0 Å². The van der Waals surface area contributed by atoms with Gasteiger partial charge in [-0.2, -0.15) is 0 Å². The quantitative estimate of drug-likeness (QED) is 0.605. The van der Waals surface area contributed by atoms with Crippen molar-refractivity contribution in [3.63, 3.8) is 0 Å². The van der Waals surface area contributed by atoms with Gasteiger partial charge in [-0.1, -0.05) is 11.6 Å². The lowest BCUT2D eigenvalue weighted by atomic mass is 10.1. The molecule has 1 fully saturated rings. The molecule has 0 spiro atoms. The monoisotopic (exact) mass is 174 g/mol. The summed E-state index contributed by atoms with van der Waals surface area (Å²) in [5.74, 6) is 0. The second-order valence-corrected chi connectivity index (χ2v) is 3.35. The topological polar surface area (TPSA) is 15.3 Å². The largest absolute Gasteiger partial charge is 0.379 e. The summed E-state index contributed by atoms with van der Waals surface area (Å²) in [7, 11) is 4.01. The Morgan fingerprint density at radius 1 is 1.45 bits per heavy atom. The average Bonchev–Trinajstić information content (AvgIpc) is 2.05. The minimum atomic E-state index is 0.845. The molecule has 0 amide bonds. The number of halogens is 1. The number of hydrogen-bond donors (Lipinski definition) is 1. The highest BCUT2D eigenvalue weighted by molar-refractivity contribution is 6.29. The summed E-state index contributed by atoms with van der Waals surface area (Å²) in [6.07, 6.45) is 2.21. The van der Waals surface area contributed by atoms with Crippen molar-refractivity contribution in [3.05, 3.63) is 10.7 Å². The molecule has 1 aliphatic rings. The van der Waals surface area contributed by atoms with Crippen LogP contribution in [0.25, 0.3) is 0 Å². The number of piperidine rings is 1. The van der Waals surface area contributed by atoms with E-state index in [0.717, 1.165) is 31.1 Å². The van der Waals surface area contributed by atoms with Crippen molar-refractivity contribution in [2.75, 3.05) is 27.2 Å². The lowest BCUT2D eigenvalue weighted by Gasteiger charge is -2.24. The molecule has 1 rings (SSSR count). The first-order valence-electron chi connectivity index (χ1n) is 3.98. The number of nitrogens with one attached hydrogen (secondary N) is 1. The molecule has 11 heavy (non-hydrogen) atoms. The van der Waals surface area contributed by atoms with E-state index in [9.17, 15) is 0 Å². The maximum Gasteiger partial charge on any atom is 0.101 e. The van der Waals surface area contributed by atoms with E-state index in [-0.39, 0.29) is 0 Å². The Morgan fingerprint density at radius 3 is 2.45 bits per heavy atom. The molecule has 1 aliphatic heterocycles. The molecule has 1 N–H and O–H groups in total. The van der Waals surface area contributed by atoms with Gasteiger partial charge < -0.3 is 10.2 Å². The molecule has 0 aromatic carbocycles. The normalized spacial score (nSPS) is 20.1. The molecule has 64 valence electrons. The van der Waals surface area contributed by atoms with Crippen LogP contribution in [0.5, 0.6) is 0 Å². The average molecular weight is 175 g/mol. The highest BCUT2D eigenvalue weighted by Gasteiger charge is 2.12. The van der Waals surface area contributed by atoms with Crippen molar-refractivity contribution >= 4 is 11.6 Å². The molecule has 0 saturated carbocycles. The zero-order valence-corrected chi connectivity index (χ0v) is 7.91. The van der Waals surface area contributed by atoms with Gasteiger partial charge in [0.05, 0.1) is 0 Å². The van der Waals surface area contributed by atoms with Crippen LogP contribution in [0.3, 0.4) is 0 Å². The summed E-state index contributed by atoms with van der Waals surface area (Å²) >= 11 is 5.94. The molecule has 0 aromatic heterocycles. The molecule has 0 unspecified atom stereocenters. The Balaban J connectivity index is 2.50. The van der Waals surface area contributed by atoms with Gasteiger partial charge in [-0.25, -0.2) is 0 Å². The van der Waals surface area contributed by atoms with Gasteiger partial charge in [0.2, 0.25) is 0 Å². The summed E-state index contributed by atoms with van der Waals surface area (Å²) < 4.78 is 0. The molecule has 2 nitrogen and oxygen atoms in total. The summed E-state index contributed by atoms with van der Waals surface area (Å²) in [4.78, 5) is 2.32. The Kier molecular flexibility index (Phi) is 3.21. The van der Waals surface area contributed by atoms with Gasteiger partial charge in [-0.05, 0) is 25.5 Å². The second-order valence-electron chi connectivity index (χ2n) is 2.97. The van der Waals surface area contributed by atoms with E-state index in [2.05, 4.69) is 17.3 Å². The van der Waals surface area contributed by atoms with Gasteiger partial charge in [-0.3, -0.25) is 0 Å². The van der Waals surface area contributed by atoms with Crippen molar-refractivity contribution in [1.29, 1.82) is 0 Å². The fourth-order valence-electron chi connectivity index (χ4n) is 1.28. The third kappa shape index (κ3) is 2.38. The van der Waals surface area contributed by atoms with Gasteiger partial charge in [0.1, 0.15) is 5.16 Å². The maximum atomic E-state index is 5.94. The van der Waals surface area contributed by atoms with E-state index < -0.39 is 0 Å². The van der Waals surface area contributed by atoms with Crippen LogP contribution in [-0.2, 0) is 0 Å². The van der Waals surface area contributed by atoms with Gasteiger partial charge in [0.15, 0.2) is 0 Å². The molecular weight excluding hydrogens is 160 g/mol.